The van der Waals surface area contributed by atoms with Crippen molar-refractivity contribution in [3.63, 3.8) is 0 Å². The number of anilines is 1. The second-order valence-corrected chi connectivity index (χ2v) is 9.15. The van der Waals surface area contributed by atoms with Gasteiger partial charge in [0.25, 0.3) is 5.56 Å². The van der Waals surface area contributed by atoms with E-state index in [1.807, 2.05) is 56.0 Å². The van der Waals surface area contributed by atoms with E-state index in [2.05, 4.69) is 14.9 Å². The molecule has 1 aliphatic rings. The number of aromatic nitrogens is 3. The highest BCUT2D eigenvalue weighted by Crippen LogP contribution is 2.28. The van der Waals surface area contributed by atoms with E-state index in [9.17, 15) is 9.59 Å². The second-order valence-electron chi connectivity index (χ2n) is 8.20. The topological polar surface area (TPSA) is 83.5 Å². The third-order valence-corrected chi connectivity index (χ3v) is 6.62. The average molecular weight is 456 g/mol. The van der Waals surface area contributed by atoms with Gasteiger partial charge in [0.15, 0.2) is 5.16 Å². The van der Waals surface area contributed by atoms with Gasteiger partial charge in [-0.15, -0.1) is 0 Å². The van der Waals surface area contributed by atoms with Crippen molar-refractivity contribution in [3.8, 4) is 5.75 Å². The average Bonchev–Trinajstić information content (AvgIpc) is 3.17. The molecule has 0 unspecified atom stereocenters. The Kier molecular flexibility index (Phi) is 6.45. The second kappa shape index (κ2) is 9.28. The van der Waals surface area contributed by atoms with Crippen LogP contribution >= 0.6 is 11.8 Å². The van der Waals surface area contributed by atoms with Crippen LogP contribution in [0.1, 0.15) is 25.6 Å². The quantitative estimate of drug-likeness (QED) is 0.454. The molecule has 0 radical (unpaired) electrons. The molecule has 1 N–H and O–H groups in total. The number of ether oxygens (including phenoxy) is 1. The zero-order valence-corrected chi connectivity index (χ0v) is 19.7. The van der Waals surface area contributed by atoms with Gasteiger partial charge in [0.2, 0.25) is 5.91 Å². The summed E-state index contributed by atoms with van der Waals surface area (Å²) in [7, 11) is 1.67. The van der Waals surface area contributed by atoms with E-state index in [0.29, 0.717) is 29.3 Å². The van der Waals surface area contributed by atoms with Crippen LogP contribution in [0.3, 0.4) is 0 Å². The van der Waals surface area contributed by atoms with Crippen LogP contribution in [0.25, 0.3) is 11.0 Å². The summed E-state index contributed by atoms with van der Waals surface area (Å²) in [5, 5.41) is 0.581. The number of para-hydroxylation sites is 2. The smallest absolute Gasteiger partial charge is 0.278 e. The number of nitrogens with one attached hydrogen (secondary N) is 1. The first-order valence-corrected chi connectivity index (χ1v) is 11.8. The number of methoxy groups -OCH3 is 1. The first-order chi connectivity index (χ1) is 15.4. The number of fused-ring (bicyclic) bond motifs is 1. The number of piperazine rings is 1. The maximum atomic E-state index is 12.9. The Hall–Kier alpha value is -2.94. The van der Waals surface area contributed by atoms with Crippen LogP contribution in [-0.2, 0) is 4.79 Å². The predicted molar refractivity (Wildman–Crippen MR) is 128 cm³/mol. The van der Waals surface area contributed by atoms with Gasteiger partial charge in [0.05, 0.1) is 24.1 Å². The summed E-state index contributed by atoms with van der Waals surface area (Å²) < 4.78 is 7.13. The Labute approximate surface area is 191 Å². The lowest BCUT2D eigenvalue weighted by Crippen LogP contribution is -2.49. The van der Waals surface area contributed by atoms with Gasteiger partial charge in [-0.25, -0.2) is 4.98 Å². The molecule has 0 saturated carbocycles. The molecule has 32 heavy (non-hydrogen) atoms. The highest BCUT2D eigenvalue weighted by Gasteiger charge is 2.24. The Morgan fingerprint density at radius 2 is 1.94 bits per heavy atom. The van der Waals surface area contributed by atoms with E-state index >= 15 is 0 Å². The number of carbonyl (C=O) groups excluding carboxylic acids is 1. The largest absolute Gasteiger partial charge is 0.495 e. The first-order valence-electron chi connectivity index (χ1n) is 10.8. The number of carbonyl (C=O) groups is 1. The molecule has 4 rings (SSSR count). The molecule has 3 aromatic rings. The van der Waals surface area contributed by atoms with Gasteiger partial charge in [-0.3, -0.25) is 14.2 Å². The zero-order valence-electron chi connectivity index (χ0n) is 18.9. The Morgan fingerprint density at radius 1 is 1.22 bits per heavy atom. The fraction of sp³-hybridized carbons (Fsp3) is 0.435. The summed E-state index contributed by atoms with van der Waals surface area (Å²) in [4.78, 5) is 37.7. The maximum Gasteiger partial charge on any atom is 0.278 e. The zero-order chi connectivity index (χ0) is 22.8. The number of aromatic amines is 1. The number of hydrogen-bond acceptors (Lipinski definition) is 6. The van der Waals surface area contributed by atoms with Crippen molar-refractivity contribution >= 4 is 34.4 Å². The fourth-order valence-corrected chi connectivity index (χ4v) is 5.08. The Bertz CT molecular complexity index is 1180. The molecule has 9 heteroatoms. The van der Waals surface area contributed by atoms with Crippen LogP contribution in [0, 0.1) is 6.92 Å². The molecule has 2 aromatic heterocycles. The van der Waals surface area contributed by atoms with Gasteiger partial charge in [0, 0.05) is 37.9 Å². The van der Waals surface area contributed by atoms with Crippen LogP contribution in [0.5, 0.6) is 5.75 Å². The monoisotopic (exact) mass is 455 g/mol. The summed E-state index contributed by atoms with van der Waals surface area (Å²) >= 11 is 1.33. The molecule has 3 heterocycles. The van der Waals surface area contributed by atoms with Crippen molar-refractivity contribution in [2.45, 2.75) is 32.0 Å². The van der Waals surface area contributed by atoms with Crippen LogP contribution in [-0.4, -0.2) is 64.4 Å². The number of H-pyrrole nitrogens is 1. The molecule has 1 fully saturated rings. The van der Waals surface area contributed by atoms with Crippen molar-refractivity contribution in [2.75, 3.05) is 43.9 Å². The molecule has 0 atom stereocenters. The van der Waals surface area contributed by atoms with E-state index in [0.717, 1.165) is 30.2 Å². The number of nitrogens with zero attached hydrogens (tertiary/aromatic N) is 4. The lowest BCUT2D eigenvalue weighted by Gasteiger charge is -2.36. The third kappa shape index (κ3) is 4.34. The lowest BCUT2D eigenvalue weighted by molar-refractivity contribution is -0.128. The van der Waals surface area contributed by atoms with Gasteiger partial charge < -0.3 is 19.5 Å². The number of benzene rings is 1. The molecule has 0 aliphatic carbocycles. The van der Waals surface area contributed by atoms with E-state index in [-0.39, 0.29) is 23.3 Å². The summed E-state index contributed by atoms with van der Waals surface area (Å²) in [6.45, 7) is 8.61. The molecule has 1 aliphatic heterocycles. The van der Waals surface area contributed by atoms with Crippen molar-refractivity contribution in [3.05, 3.63) is 46.4 Å². The van der Waals surface area contributed by atoms with E-state index in [4.69, 9.17) is 4.74 Å². The molecule has 8 nitrogen and oxygen atoms in total. The van der Waals surface area contributed by atoms with E-state index < -0.39 is 0 Å². The number of thioether (sulfide) groups is 1. The van der Waals surface area contributed by atoms with Crippen LogP contribution in [0.2, 0.25) is 0 Å². The van der Waals surface area contributed by atoms with Gasteiger partial charge in [-0.1, -0.05) is 23.9 Å². The van der Waals surface area contributed by atoms with Crippen LogP contribution in [0.4, 0.5) is 5.69 Å². The summed E-state index contributed by atoms with van der Waals surface area (Å²) in [6, 6.07) is 9.76. The van der Waals surface area contributed by atoms with E-state index in [1.54, 1.807) is 11.7 Å². The van der Waals surface area contributed by atoms with Gasteiger partial charge in [-0.2, -0.15) is 0 Å². The molecular formula is C23H29N5O3S. The minimum absolute atomic E-state index is 0.0509. The molecule has 0 spiro atoms. The first kappa shape index (κ1) is 22.3. The normalized spacial score (nSPS) is 14.4. The molecular weight excluding hydrogens is 426 g/mol. The van der Waals surface area contributed by atoms with Crippen LogP contribution < -0.4 is 15.2 Å². The standard InChI is InChI=1S/C23H29N5O3S/c1-15(2)28-22(30)21-17(13-16(3)24-21)25-23(28)32-14-20(29)27-11-9-26(10-12-27)18-7-5-6-8-19(18)31-4/h5-8,13,15,24H,9-12,14H2,1-4H3. The van der Waals surface area contributed by atoms with Crippen molar-refractivity contribution in [1.29, 1.82) is 0 Å². The van der Waals surface area contributed by atoms with Gasteiger partial charge >= 0.3 is 0 Å². The van der Waals surface area contributed by atoms with Gasteiger partial charge in [-0.05, 0) is 39.0 Å². The number of amides is 1. The Balaban J connectivity index is 1.43. The van der Waals surface area contributed by atoms with Crippen LogP contribution in [0.15, 0.2) is 40.3 Å². The predicted octanol–water partition coefficient (Wildman–Crippen LogP) is 3.06. The van der Waals surface area contributed by atoms with Gasteiger partial charge in [0.1, 0.15) is 11.3 Å². The highest BCUT2D eigenvalue weighted by molar-refractivity contribution is 7.99. The summed E-state index contributed by atoms with van der Waals surface area (Å²) in [6.07, 6.45) is 0. The minimum atomic E-state index is -0.0986. The number of rotatable bonds is 6. The number of hydrogen-bond donors (Lipinski definition) is 1. The summed E-state index contributed by atoms with van der Waals surface area (Å²) in [5.41, 5.74) is 3.00. The number of aryl methyl sites for hydroxylation is 1. The molecule has 1 amide bonds. The fourth-order valence-electron chi connectivity index (χ4n) is 4.05. The minimum Gasteiger partial charge on any atom is -0.495 e. The highest BCUT2D eigenvalue weighted by atomic mass is 32.2. The maximum absolute atomic E-state index is 12.9. The third-order valence-electron chi connectivity index (χ3n) is 5.69. The SMILES string of the molecule is COc1ccccc1N1CCN(C(=O)CSc2nc3cc(C)[nH]c3c(=O)n2C(C)C)CC1. The lowest BCUT2D eigenvalue weighted by atomic mass is 10.2. The summed E-state index contributed by atoms with van der Waals surface area (Å²) in [5.74, 6) is 1.16. The van der Waals surface area contributed by atoms with Crippen molar-refractivity contribution < 1.29 is 9.53 Å². The molecule has 0 bridgehead atoms. The van der Waals surface area contributed by atoms with Crippen molar-refractivity contribution in [1.82, 2.24) is 19.4 Å². The molecule has 1 saturated heterocycles. The Morgan fingerprint density at radius 3 is 2.62 bits per heavy atom. The molecule has 1 aromatic carbocycles. The molecule has 170 valence electrons. The van der Waals surface area contributed by atoms with E-state index in [1.165, 1.54) is 11.8 Å². The van der Waals surface area contributed by atoms with Crippen molar-refractivity contribution in [2.24, 2.45) is 0 Å².